The maximum atomic E-state index is 15.0. The molecule has 0 saturated heterocycles. The Hall–Kier alpha value is -4.77. The third-order valence-electron chi connectivity index (χ3n) is 10.2. The van der Waals surface area contributed by atoms with E-state index in [1.54, 1.807) is 0 Å². The lowest BCUT2D eigenvalue weighted by atomic mass is 9.88. The van der Waals surface area contributed by atoms with Crippen LogP contribution < -0.4 is 15.5 Å². The van der Waals surface area contributed by atoms with Crippen LogP contribution in [0.4, 0.5) is 93.9 Å². The van der Waals surface area contributed by atoms with Crippen molar-refractivity contribution >= 4 is 26.0 Å². The number of methoxy groups -OCH3 is 1. The number of carbonyl (C=O) groups excluding carboxylic acids is 2. The molecule has 0 aliphatic carbocycles. The van der Waals surface area contributed by atoms with Gasteiger partial charge in [-0.15, -0.1) is 0 Å². The molecule has 2 atom stereocenters. The Morgan fingerprint density at radius 2 is 1.22 bits per heavy atom. The zero-order valence-electron chi connectivity index (χ0n) is 35.6. The Labute approximate surface area is 374 Å². The van der Waals surface area contributed by atoms with Crippen LogP contribution in [0.25, 0.3) is 0 Å². The second-order valence-electron chi connectivity index (χ2n) is 15.2. The van der Waals surface area contributed by atoms with Gasteiger partial charge in [0.05, 0.1) is 12.3 Å². The zero-order chi connectivity index (χ0) is 52.7. The van der Waals surface area contributed by atoms with Crippen LogP contribution in [-0.2, 0) is 18.7 Å². The normalized spacial score (nSPS) is 15.0. The molecule has 0 unspecified atom stereocenters. The van der Waals surface area contributed by atoms with Crippen molar-refractivity contribution in [2.45, 2.75) is 111 Å². The Kier molecular flexibility index (Phi) is 19.1. The summed E-state index contributed by atoms with van der Waals surface area (Å²) in [6.07, 6.45) is -9.77. The lowest BCUT2D eigenvalue weighted by Gasteiger charge is -2.44. The second kappa shape index (κ2) is 21.9. The van der Waals surface area contributed by atoms with Gasteiger partial charge in [-0.25, -0.2) is 19.1 Å². The van der Waals surface area contributed by atoms with Gasteiger partial charge in [-0.05, 0) is 47.0 Å². The molecule has 386 valence electrons. The number of nitrogens with one attached hydrogen (secondary N) is 2. The smallest absolute Gasteiger partial charge is 0.460 e. The number of halogens is 19. The van der Waals surface area contributed by atoms with Crippen LogP contribution in [0.5, 0.6) is 5.75 Å². The highest BCUT2D eigenvalue weighted by Gasteiger charge is 2.95. The highest BCUT2D eigenvalue weighted by atomic mass is 28.4. The average Bonchev–Trinajstić information content (AvgIpc) is 3.22. The minimum absolute atomic E-state index is 0.0116. The molecule has 0 fully saturated rings. The van der Waals surface area contributed by atoms with Gasteiger partial charge >= 0.3 is 53.7 Å². The van der Waals surface area contributed by atoms with Crippen molar-refractivity contribution in [1.82, 2.24) is 5.48 Å². The monoisotopic (exact) mass is 1040 g/mol. The molecule has 0 aliphatic heterocycles. The molecular formula is C39H41F19N2O7Si. The van der Waals surface area contributed by atoms with Crippen LogP contribution in [0.15, 0.2) is 66.8 Å². The zero-order valence-corrected chi connectivity index (χ0v) is 36.6. The molecule has 0 spiro atoms. The Bertz CT molecular complexity index is 2060. The lowest BCUT2D eigenvalue weighted by molar-refractivity contribution is -0.461. The summed E-state index contributed by atoms with van der Waals surface area (Å²) in [5, 5.41) is 10.7. The highest BCUT2D eigenvalue weighted by Crippen LogP contribution is 2.64. The first-order chi connectivity index (χ1) is 30.9. The van der Waals surface area contributed by atoms with Crippen LogP contribution in [0.2, 0.25) is 17.1 Å². The largest absolute Gasteiger partial charge is 0.491 e. The predicted octanol–water partition coefficient (Wildman–Crippen LogP) is 12.4. The molecule has 3 N–H and O–H groups in total. The molecule has 0 saturated carbocycles. The number of hydrogen-bond acceptors (Lipinski definition) is 7. The van der Waals surface area contributed by atoms with Crippen molar-refractivity contribution in [2.24, 2.45) is 0 Å². The number of carbonyl (C=O) groups is 2. The number of hydroxylamine groups is 1. The number of anilines is 1. The average molecular weight is 1040 g/mol. The molecule has 29 heteroatoms. The molecule has 0 radical (unpaired) electrons. The van der Waals surface area contributed by atoms with Crippen LogP contribution in [0, 0.1) is 11.6 Å². The minimum atomic E-state index is -8.73. The van der Waals surface area contributed by atoms with Crippen molar-refractivity contribution in [3.63, 3.8) is 0 Å². The number of benzene rings is 2. The standard InChI is InChI=1S/C39H41F19N2O7Si/c1-21(2)68(22(3)4,19-16-32(42,43)33(44,45)34(46,47)35(48,49)36(50,51)37(52,53)38(54,55)39(56,57)58)66-18-17-65-25-13-10-23(11-14-25)30(28(64-5)8-6-7-9-29(61)60-63)67-31(62)59-27-15-12-24(40)20-26(27)41/h6-15,20-22,28,30,63H,16-19H2,1-5H3,(H,59,62)(H,60,61)/b8-6+,9-7+/t28-,30-/m0/s1. The minimum Gasteiger partial charge on any atom is -0.491 e. The predicted molar refractivity (Wildman–Crippen MR) is 202 cm³/mol. The van der Waals surface area contributed by atoms with E-state index in [1.807, 2.05) is 0 Å². The van der Waals surface area contributed by atoms with Crippen molar-refractivity contribution in [3.05, 3.63) is 84.0 Å². The van der Waals surface area contributed by atoms with Gasteiger partial charge in [-0.1, -0.05) is 58.1 Å². The van der Waals surface area contributed by atoms with E-state index in [0.29, 0.717) is 6.07 Å². The first-order valence-corrected chi connectivity index (χ1v) is 21.5. The number of rotatable bonds is 24. The topological polar surface area (TPSA) is 115 Å². The fraction of sp³-hybridized carbons (Fsp3) is 0.538. The van der Waals surface area contributed by atoms with Crippen LogP contribution >= 0.6 is 0 Å². The van der Waals surface area contributed by atoms with Crippen LogP contribution in [0.3, 0.4) is 0 Å². The third-order valence-corrected chi connectivity index (χ3v) is 15.9. The van der Waals surface area contributed by atoms with E-state index in [9.17, 15) is 84.2 Å². The summed E-state index contributed by atoms with van der Waals surface area (Å²) in [5.74, 6) is -60.2. The van der Waals surface area contributed by atoms with E-state index < -0.39 is 134 Å². The van der Waals surface area contributed by atoms with Crippen LogP contribution in [0.1, 0.15) is 45.8 Å². The van der Waals surface area contributed by atoms with Gasteiger partial charge in [-0.2, -0.15) is 74.6 Å². The molecule has 2 aromatic carbocycles. The summed E-state index contributed by atoms with van der Waals surface area (Å²) < 4.78 is 286. The maximum absolute atomic E-state index is 15.0. The molecule has 68 heavy (non-hydrogen) atoms. The molecule has 0 aliphatic rings. The summed E-state index contributed by atoms with van der Waals surface area (Å²) in [5.41, 5.74) is -0.899. The van der Waals surface area contributed by atoms with Crippen LogP contribution in [-0.4, -0.2) is 99.6 Å². The Morgan fingerprint density at radius 3 is 1.69 bits per heavy atom. The van der Waals surface area contributed by atoms with Crippen molar-refractivity contribution < 1.29 is 117 Å². The van der Waals surface area contributed by atoms with Crippen molar-refractivity contribution in [1.29, 1.82) is 0 Å². The lowest BCUT2D eigenvalue weighted by Crippen LogP contribution is -2.74. The fourth-order valence-corrected chi connectivity index (χ4v) is 10.8. The maximum Gasteiger partial charge on any atom is 0.460 e. The second-order valence-corrected chi connectivity index (χ2v) is 20.2. The molecular weight excluding hydrogens is 997 g/mol. The Balaban J connectivity index is 2.34. The van der Waals surface area contributed by atoms with Crippen molar-refractivity contribution in [2.75, 3.05) is 25.6 Å². The van der Waals surface area contributed by atoms with Crippen molar-refractivity contribution in [3.8, 4) is 5.75 Å². The van der Waals surface area contributed by atoms with Gasteiger partial charge in [-0.3, -0.25) is 15.3 Å². The molecule has 2 amide bonds. The highest BCUT2D eigenvalue weighted by molar-refractivity contribution is 6.76. The molecule has 2 aromatic rings. The first-order valence-electron chi connectivity index (χ1n) is 19.2. The number of ether oxygens (including phenoxy) is 3. The Morgan fingerprint density at radius 1 is 0.706 bits per heavy atom. The molecule has 9 nitrogen and oxygen atoms in total. The molecule has 0 aromatic heterocycles. The summed E-state index contributed by atoms with van der Waals surface area (Å²) in [6.45, 7) is 3.96. The third kappa shape index (κ3) is 12.1. The summed E-state index contributed by atoms with van der Waals surface area (Å²) >= 11 is 0. The number of allylic oxidation sites excluding steroid dienone is 2. The van der Waals surface area contributed by atoms with Gasteiger partial charge < -0.3 is 18.6 Å². The van der Waals surface area contributed by atoms with E-state index in [0.717, 1.165) is 24.3 Å². The number of alkyl halides is 17. The quantitative estimate of drug-likeness (QED) is 0.0182. The summed E-state index contributed by atoms with van der Waals surface area (Å²) in [6, 6.07) is 5.90. The van der Waals surface area contributed by atoms with E-state index in [-0.39, 0.29) is 11.3 Å². The van der Waals surface area contributed by atoms with Gasteiger partial charge in [0.1, 0.15) is 30.1 Å². The fourth-order valence-electron chi connectivity index (χ4n) is 6.33. The number of amides is 2. The van der Waals surface area contributed by atoms with E-state index in [4.69, 9.17) is 23.8 Å². The number of hydrogen-bond donors (Lipinski definition) is 3. The molecule has 0 heterocycles. The molecule has 0 bridgehead atoms. The summed E-state index contributed by atoms with van der Waals surface area (Å²) in [7, 11) is -2.91. The van der Waals surface area contributed by atoms with Gasteiger partial charge in [0.2, 0.25) is 0 Å². The van der Waals surface area contributed by atoms with E-state index >= 15 is 8.78 Å². The van der Waals surface area contributed by atoms with Gasteiger partial charge in [0.15, 0.2) is 14.4 Å². The SMILES string of the molecule is CO[C@@H](/C=C/C=C/C(=O)NO)[C@@H](OC(=O)Nc1ccc(F)cc1F)c1ccc(OCCO[Si](CCC(F)(F)C(F)(F)C(F)(F)C(F)(F)C(F)(F)C(F)(F)C(F)(F)C(F)(F)F)(C(C)C)C(C)C)cc1. The van der Waals surface area contributed by atoms with E-state index in [2.05, 4.69) is 5.32 Å². The van der Waals surface area contributed by atoms with Gasteiger partial charge in [0.25, 0.3) is 5.91 Å². The van der Waals surface area contributed by atoms with Gasteiger partial charge in [0, 0.05) is 25.7 Å². The molecule has 2 rings (SSSR count). The van der Waals surface area contributed by atoms with E-state index in [1.165, 1.54) is 76.7 Å². The summed E-state index contributed by atoms with van der Waals surface area (Å²) in [4.78, 5) is 24.1. The first kappa shape index (κ1) is 59.4.